The highest BCUT2D eigenvalue weighted by Gasteiger charge is 2.10. The molecule has 0 bridgehead atoms. The Bertz CT molecular complexity index is 712. The van der Waals surface area contributed by atoms with Crippen molar-refractivity contribution < 1.29 is 9.59 Å². The molecule has 2 aromatic carbocycles. The van der Waals surface area contributed by atoms with E-state index in [2.05, 4.69) is 5.32 Å². The van der Waals surface area contributed by atoms with Crippen LogP contribution in [0.5, 0.6) is 0 Å². The molecule has 0 fully saturated rings. The van der Waals surface area contributed by atoms with E-state index in [-0.39, 0.29) is 11.8 Å². The van der Waals surface area contributed by atoms with E-state index < -0.39 is 0 Å². The molecule has 2 rings (SSSR count). The molecule has 26 heavy (non-hydrogen) atoms. The van der Waals surface area contributed by atoms with E-state index >= 15 is 0 Å². The molecular weight excluding hydrogens is 326 g/mol. The number of hydrogen-bond acceptors (Lipinski definition) is 3. The first-order valence-electron chi connectivity index (χ1n) is 8.76. The van der Waals surface area contributed by atoms with Gasteiger partial charge in [-0.3, -0.25) is 9.59 Å². The zero-order chi connectivity index (χ0) is 18.9. The monoisotopic (exact) mass is 353 g/mol. The van der Waals surface area contributed by atoms with Gasteiger partial charge < -0.3 is 15.1 Å². The average molecular weight is 353 g/mol. The van der Waals surface area contributed by atoms with Gasteiger partial charge in [-0.15, -0.1) is 0 Å². The van der Waals surface area contributed by atoms with Crippen molar-refractivity contribution in [3.63, 3.8) is 0 Å². The topological polar surface area (TPSA) is 52.6 Å². The van der Waals surface area contributed by atoms with Crippen molar-refractivity contribution >= 4 is 17.5 Å². The van der Waals surface area contributed by atoms with Crippen LogP contribution in [-0.4, -0.2) is 44.4 Å². The lowest BCUT2D eigenvalue weighted by Crippen LogP contribution is -2.32. The number of anilines is 1. The minimum atomic E-state index is -0.0640. The zero-order valence-corrected chi connectivity index (χ0v) is 15.7. The molecule has 0 heterocycles. The summed E-state index contributed by atoms with van der Waals surface area (Å²) in [6.45, 7) is 0.916. The van der Waals surface area contributed by atoms with Crippen LogP contribution in [-0.2, 0) is 22.6 Å². The summed E-state index contributed by atoms with van der Waals surface area (Å²) in [5.41, 5.74) is 3.18. The average Bonchev–Trinajstić information content (AvgIpc) is 2.62. The number of nitrogens with zero attached hydrogens (tertiary/aromatic N) is 2. The molecule has 0 spiro atoms. The highest BCUT2D eigenvalue weighted by atomic mass is 16.2. The van der Waals surface area contributed by atoms with E-state index in [1.165, 1.54) is 0 Å². The number of carbonyl (C=O) groups is 2. The Labute approximate surface area is 155 Å². The molecular formula is C21H27N3O2. The second-order valence-corrected chi connectivity index (χ2v) is 6.57. The summed E-state index contributed by atoms with van der Waals surface area (Å²) in [6.07, 6.45) is 0.635. The number of hydrogen-bond donors (Lipinski definition) is 1. The molecule has 2 aromatic rings. The van der Waals surface area contributed by atoms with Crippen LogP contribution >= 0.6 is 0 Å². The van der Waals surface area contributed by atoms with Gasteiger partial charge in [-0.1, -0.05) is 42.5 Å². The predicted molar refractivity (Wildman–Crippen MR) is 105 cm³/mol. The van der Waals surface area contributed by atoms with Crippen LogP contribution < -0.4 is 10.2 Å². The molecule has 0 radical (unpaired) electrons. The Kier molecular flexibility index (Phi) is 7.21. The van der Waals surface area contributed by atoms with Gasteiger partial charge in [0.25, 0.3) is 0 Å². The van der Waals surface area contributed by atoms with Crippen molar-refractivity contribution in [3.05, 3.63) is 65.7 Å². The third-order valence-electron chi connectivity index (χ3n) is 4.17. The highest BCUT2D eigenvalue weighted by Crippen LogP contribution is 2.13. The number of amides is 2. The SMILES string of the molecule is CN(Cc1ccc(N(C)C)cc1)C(=O)CCNC(=O)Cc1ccccc1. The Morgan fingerprint density at radius 1 is 0.885 bits per heavy atom. The second kappa shape index (κ2) is 9.61. The summed E-state index contributed by atoms with van der Waals surface area (Å²) in [4.78, 5) is 27.9. The fraction of sp³-hybridized carbons (Fsp3) is 0.333. The molecule has 2 amide bonds. The minimum absolute atomic E-state index is 0.0155. The Morgan fingerprint density at radius 3 is 2.15 bits per heavy atom. The van der Waals surface area contributed by atoms with Crippen molar-refractivity contribution in [2.75, 3.05) is 32.6 Å². The van der Waals surface area contributed by atoms with Crippen LogP contribution in [0.1, 0.15) is 17.5 Å². The van der Waals surface area contributed by atoms with Gasteiger partial charge in [0.1, 0.15) is 0 Å². The normalized spacial score (nSPS) is 10.3. The van der Waals surface area contributed by atoms with Gasteiger partial charge in [-0.25, -0.2) is 0 Å². The van der Waals surface area contributed by atoms with E-state index in [0.29, 0.717) is 25.9 Å². The Balaban J connectivity index is 1.72. The van der Waals surface area contributed by atoms with Gasteiger partial charge in [0.05, 0.1) is 6.42 Å². The van der Waals surface area contributed by atoms with Crippen LogP contribution in [0.4, 0.5) is 5.69 Å². The number of carbonyl (C=O) groups excluding carboxylic acids is 2. The number of nitrogens with one attached hydrogen (secondary N) is 1. The molecule has 0 unspecified atom stereocenters. The molecule has 5 heteroatoms. The molecule has 138 valence electrons. The first-order chi connectivity index (χ1) is 12.5. The third-order valence-corrected chi connectivity index (χ3v) is 4.17. The third kappa shape index (κ3) is 6.24. The van der Waals surface area contributed by atoms with Gasteiger partial charge in [0, 0.05) is 46.3 Å². The molecule has 0 aliphatic heterocycles. The van der Waals surface area contributed by atoms with Crippen LogP contribution in [0.2, 0.25) is 0 Å². The lowest BCUT2D eigenvalue weighted by atomic mass is 10.1. The quantitative estimate of drug-likeness (QED) is 0.793. The molecule has 0 aliphatic carbocycles. The number of benzene rings is 2. The lowest BCUT2D eigenvalue weighted by Gasteiger charge is -2.18. The van der Waals surface area contributed by atoms with Crippen LogP contribution in [0.25, 0.3) is 0 Å². The number of rotatable bonds is 8. The van der Waals surface area contributed by atoms with Gasteiger partial charge in [0.2, 0.25) is 11.8 Å². The molecule has 1 N–H and O–H groups in total. The lowest BCUT2D eigenvalue weighted by molar-refractivity contribution is -0.130. The first kappa shape index (κ1) is 19.5. The summed E-state index contributed by atoms with van der Waals surface area (Å²) >= 11 is 0. The first-order valence-corrected chi connectivity index (χ1v) is 8.76. The summed E-state index contributed by atoms with van der Waals surface area (Å²) < 4.78 is 0. The highest BCUT2D eigenvalue weighted by molar-refractivity contribution is 5.80. The van der Waals surface area contributed by atoms with Crippen molar-refractivity contribution in [1.29, 1.82) is 0 Å². The fourth-order valence-electron chi connectivity index (χ4n) is 2.61. The maximum Gasteiger partial charge on any atom is 0.224 e. The van der Waals surface area contributed by atoms with E-state index in [0.717, 1.165) is 16.8 Å². The van der Waals surface area contributed by atoms with Gasteiger partial charge in [-0.05, 0) is 23.3 Å². The summed E-state index contributed by atoms with van der Waals surface area (Å²) in [6, 6.07) is 17.7. The van der Waals surface area contributed by atoms with Crippen LogP contribution in [0.15, 0.2) is 54.6 Å². The Morgan fingerprint density at radius 2 is 1.54 bits per heavy atom. The fourth-order valence-corrected chi connectivity index (χ4v) is 2.61. The van der Waals surface area contributed by atoms with Crippen LogP contribution in [0, 0.1) is 0 Å². The largest absolute Gasteiger partial charge is 0.378 e. The minimum Gasteiger partial charge on any atom is -0.378 e. The van der Waals surface area contributed by atoms with Gasteiger partial charge >= 0.3 is 0 Å². The Hall–Kier alpha value is -2.82. The maximum absolute atomic E-state index is 12.2. The van der Waals surface area contributed by atoms with E-state index in [4.69, 9.17) is 0 Å². The molecule has 0 atom stereocenters. The van der Waals surface area contributed by atoms with Crippen molar-refractivity contribution in [3.8, 4) is 0 Å². The molecule has 0 aliphatic rings. The van der Waals surface area contributed by atoms with E-state index in [1.54, 1.807) is 11.9 Å². The molecule has 0 saturated heterocycles. The van der Waals surface area contributed by atoms with E-state index in [1.807, 2.05) is 73.6 Å². The van der Waals surface area contributed by atoms with Crippen molar-refractivity contribution in [2.45, 2.75) is 19.4 Å². The maximum atomic E-state index is 12.2. The van der Waals surface area contributed by atoms with Crippen molar-refractivity contribution in [1.82, 2.24) is 10.2 Å². The second-order valence-electron chi connectivity index (χ2n) is 6.57. The smallest absolute Gasteiger partial charge is 0.224 e. The summed E-state index contributed by atoms with van der Waals surface area (Å²) in [5, 5.41) is 2.81. The summed E-state index contributed by atoms with van der Waals surface area (Å²) in [5.74, 6) is -0.0485. The van der Waals surface area contributed by atoms with E-state index in [9.17, 15) is 9.59 Å². The summed E-state index contributed by atoms with van der Waals surface area (Å²) in [7, 11) is 5.78. The zero-order valence-electron chi connectivity index (χ0n) is 15.7. The van der Waals surface area contributed by atoms with Gasteiger partial charge in [-0.2, -0.15) is 0 Å². The predicted octanol–water partition coefficient (Wildman–Crippen LogP) is 2.46. The van der Waals surface area contributed by atoms with Crippen molar-refractivity contribution in [2.24, 2.45) is 0 Å². The standard InChI is InChI=1S/C21H27N3O2/c1-23(2)19-11-9-18(10-12-19)16-24(3)21(26)13-14-22-20(25)15-17-7-5-4-6-8-17/h4-12H,13-16H2,1-3H3,(H,22,25). The molecule has 0 aromatic heterocycles. The molecule has 0 saturated carbocycles. The van der Waals surface area contributed by atoms with Crippen LogP contribution in [0.3, 0.4) is 0 Å². The molecule has 5 nitrogen and oxygen atoms in total. The van der Waals surface area contributed by atoms with Gasteiger partial charge in [0.15, 0.2) is 0 Å².